The van der Waals surface area contributed by atoms with Gasteiger partial charge in [0.2, 0.25) is 0 Å². The number of nitrogens with one attached hydrogen (secondary N) is 1. The third-order valence-corrected chi connectivity index (χ3v) is 2.98. The van der Waals surface area contributed by atoms with E-state index in [-0.39, 0.29) is 11.9 Å². The van der Waals surface area contributed by atoms with E-state index in [2.05, 4.69) is 26.1 Å². The molecule has 2 nitrogen and oxygen atoms in total. The topological polar surface area (TPSA) is 21.3 Å². The molecule has 0 aliphatic heterocycles. The van der Waals surface area contributed by atoms with Crippen LogP contribution in [0.15, 0.2) is 18.2 Å². The molecular weight excluding hydrogens is 253 g/mol. The van der Waals surface area contributed by atoms with Crippen LogP contribution in [0.1, 0.15) is 27.2 Å². The Hall–Kier alpha value is -0.800. The molecule has 1 aromatic rings. The first-order valence-corrected chi connectivity index (χ1v) is 6.74. The average molecular weight is 274 g/mol. The van der Waals surface area contributed by atoms with Crippen LogP contribution in [0.3, 0.4) is 0 Å². The molecule has 0 aliphatic rings. The number of ether oxygens (including phenoxy) is 1. The third-order valence-electron chi connectivity index (χ3n) is 2.69. The maximum atomic E-state index is 12.9. The standard InChI is InChI=1S/C14H21ClFNO/c1-4-7-17-9-14(10(2)3)18-13-6-5-11(16)8-12(13)15/h5-6,8,10,14,17H,4,7,9H2,1-3H3. The van der Waals surface area contributed by atoms with Crippen LogP contribution in [-0.4, -0.2) is 19.2 Å². The molecule has 0 saturated carbocycles. The van der Waals surface area contributed by atoms with Gasteiger partial charge in [0.15, 0.2) is 0 Å². The van der Waals surface area contributed by atoms with Gasteiger partial charge in [-0.25, -0.2) is 4.39 Å². The second-order valence-corrected chi connectivity index (χ2v) is 5.09. The quantitative estimate of drug-likeness (QED) is 0.761. The van der Waals surface area contributed by atoms with Crippen molar-refractivity contribution in [3.8, 4) is 5.75 Å². The van der Waals surface area contributed by atoms with Crippen molar-refractivity contribution in [2.45, 2.75) is 33.3 Å². The van der Waals surface area contributed by atoms with Gasteiger partial charge in [-0.05, 0) is 37.1 Å². The number of rotatable bonds is 7. The van der Waals surface area contributed by atoms with Gasteiger partial charge in [0.05, 0.1) is 5.02 Å². The lowest BCUT2D eigenvalue weighted by Gasteiger charge is -2.23. The van der Waals surface area contributed by atoms with Gasteiger partial charge in [0.25, 0.3) is 0 Å². The van der Waals surface area contributed by atoms with Crippen LogP contribution in [0.5, 0.6) is 5.75 Å². The molecule has 0 bridgehead atoms. The minimum absolute atomic E-state index is 0.0273. The van der Waals surface area contributed by atoms with Crippen LogP contribution >= 0.6 is 11.6 Å². The van der Waals surface area contributed by atoms with E-state index in [0.29, 0.717) is 16.7 Å². The molecular formula is C14H21ClFNO. The molecule has 4 heteroatoms. The van der Waals surface area contributed by atoms with Crippen LogP contribution in [0.2, 0.25) is 5.02 Å². The lowest BCUT2D eigenvalue weighted by atomic mass is 10.1. The van der Waals surface area contributed by atoms with E-state index < -0.39 is 0 Å². The molecule has 0 radical (unpaired) electrons. The van der Waals surface area contributed by atoms with Gasteiger partial charge < -0.3 is 10.1 Å². The maximum Gasteiger partial charge on any atom is 0.138 e. The van der Waals surface area contributed by atoms with Crippen molar-refractivity contribution in [1.29, 1.82) is 0 Å². The largest absolute Gasteiger partial charge is 0.487 e. The first kappa shape index (κ1) is 15.3. The normalized spacial score (nSPS) is 12.8. The number of hydrogen-bond acceptors (Lipinski definition) is 2. The molecule has 1 aromatic carbocycles. The van der Waals surface area contributed by atoms with Crippen molar-refractivity contribution in [2.24, 2.45) is 5.92 Å². The maximum absolute atomic E-state index is 12.9. The van der Waals surface area contributed by atoms with Gasteiger partial charge in [-0.1, -0.05) is 32.4 Å². The molecule has 0 amide bonds. The fourth-order valence-corrected chi connectivity index (χ4v) is 1.78. The average Bonchev–Trinajstić information content (AvgIpc) is 2.30. The minimum atomic E-state index is -0.349. The van der Waals surface area contributed by atoms with Crippen LogP contribution < -0.4 is 10.1 Å². The molecule has 0 spiro atoms. The summed E-state index contributed by atoms with van der Waals surface area (Å²) in [5.41, 5.74) is 0. The molecule has 1 unspecified atom stereocenters. The summed E-state index contributed by atoms with van der Waals surface area (Å²) >= 11 is 5.95. The summed E-state index contributed by atoms with van der Waals surface area (Å²) in [4.78, 5) is 0. The van der Waals surface area contributed by atoms with Gasteiger partial charge in [0.1, 0.15) is 17.7 Å². The molecule has 0 aromatic heterocycles. The number of hydrogen-bond donors (Lipinski definition) is 1. The first-order valence-electron chi connectivity index (χ1n) is 6.37. The van der Waals surface area contributed by atoms with E-state index in [1.807, 2.05) is 0 Å². The predicted molar refractivity (Wildman–Crippen MR) is 73.8 cm³/mol. The first-order chi connectivity index (χ1) is 8.54. The zero-order chi connectivity index (χ0) is 13.5. The Morgan fingerprint density at radius 2 is 2.11 bits per heavy atom. The third kappa shape index (κ3) is 4.83. The summed E-state index contributed by atoms with van der Waals surface area (Å²) in [5, 5.41) is 3.64. The molecule has 1 atom stereocenters. The fraction of sp³-hybridized carbons (Fsp3) is 0.571. The van der Waals surface area contributed by atoms with E-state index >= 15 is 0 Å². The molecule has 1 rings (SSSR count). The lowest BCUT2D eigenvalue weighted by molar-refractivity contribution is 0.149. The van der Waals surface area contributed by atoms with Crippen molar-refractivity contribution in [2.75, 3.05) is 13.1 Å². The zero-order valence-electron chi connectivity index (χ0n) is 11.2. The summed E-state index contributed by atoms with van der Waals surface area (Å²) in [6.45, 7) is 8.03. The second kappa shape index (κ2) is 7.59. The van der Waals surface area contributed by atoms with E-state index in [9.17, 15) is 4.39 Å². The molecule has 0 saturated heterocycles. The highest BCUT2D eigenvalue weighted by Gasteiger charge is 2.16. The fourth-order valence-electron chi connectivity index (χ4n) is 1.57. The number of benzene rings is 1. The van der Waals surface area contributed by atoms with Crippen LogP contribution in [0.4, 0.5) is 4.39 Å². The summed E-state index contributed by atoms with van der Waals surface area (Å²) in [6, 6.07) is 4.21. The highest BCUT2D eigenvalue weighted by Crippen LogP contribution is 2.26. The molecule has 102 valence electrons. The summed E-state index contributed by atoms with van der Waals surface area (Å²) < 4.78 is 18.8. The van der Waals surface area contributed by atoms with Crippen molar-refractivity contribution >= 4 is 11.6 Å². The highest BCUT2D eigenvalue weighted by molar-refractivity contribution is 6.32. The Kier molecular flexibility index (Phi) is 6.44. The summed E-state index contributed by atoms with van der Waals surface area (Å²) in [5.74, 6) is 0.545. The zero-order valence-corrected chi connectivity index (χ0v) is 11.9. The monoisotopic (exact) mass is 273 g/mol. The summed E-state index contributed by atoms with van der Waals surface area (Å²) in [6.07, 6.45) is 1.11. The van der Waals surface area contributed by atoms with Crippen molar-refractivity contribution in [3.05, 3.63) is 29.0 Å². The van der Waals surface area contributed by atoms with Crippen molar-refractivity contribution < 1.29 is 9.13 Å². The molecule has 18 heavy (non-hydrogen) atoms. The van der Waals surface area contributed by atoms with Gasteiger partial charge >= 0.3 is 0 Å². The van der Waals surface area contributed by atoms with Gasteiger partial charge in [-0.2, -0.15) is 0 Å². The van der Waals surface area contributed by atoms with Gasteiger partial charge in [-0.3, -0.25) is 0 Å². The minimum Gasteiger partial charge on any atom is -0.487 e. The summed E-state index contributed by atoms with van der Waals surface area (Å²) in [7, 11) is 0. The highest BCUT2D eigenvalue weighted by atomic mass is 35.5. The van der Waals surface area contributed by atoms with E-state index in [1.54, 1.807) is 6.07 Å². The van der Waals surface area contributed by atoms with Gasteiger partial charge in [-0.15, -0.1) is 0 Å². The lowest BCUT2D eigenvalue weighted by Crippen LogP contribution is -2.35. The predicted octanol–water partition coefficient (Wildman–Crippen LogP) is 3.88. The Morgan fingerprint density at radius 3 is 2.67 bits per heavy atom. The van der Waals surface area contributed by atoms with Crippen molar-refractivity contribution in [1.82, 2.24) is 5.32 Å². The van der Waals surface area contributed by atoms with E-state index in [1.165, 1.54) is 12.1 Å². The number of halogens is 2. The smallest absolute Gasteiger partial charge is 0.138 e. The van der Waals surface area contributed by atoms with Crippen LogP contribution in [0.25, 0.3) is 0 Å². The van der Waals surface area contributed by atoms with Crippen LogP contribution in [0, 0.1) is 11.7 Å². The SMILES string of the molecule is CCCNCC(Oc1ccc(F)cc1Cl)C(C)C. The Bertz CT molecular complexity index is 371. The van der Waals surface area contributed by atoms with Gasteiger partial charge in [0, 0.05) is 6.54 Å². The second-order valence-electron chi connectivity index (χ2n) is 4.68. The van der Waals surface area contributed by atoms with E-state index in [0.717, 1.165) is 19.5 Å². The molecule has 0 aliphatic carbocycles. The molecule has 1 N–H and O–H groups in total. The van der Waals surface area contributed by atoms with Crippen LogP contribution in [-0.2, 0) is 0 Å². The Balaban J connectivity index is 2.64. The van der Waals surface area contributed by atoms with Crippen molar-refractivity contribution in [3.63, 3.8) is 0 Å². The Morgan fingerprint density at radius 1 is 1.39 bits per heavy atom. The molecule has 0 heterocycles. The molecule has 0 fully saturated rings. The Labute approximate surface area is 113 Å². The van der Waals surface area contributed by atoms with E-state index in [4.69, 9.17) is 16.3 Å².